The second-order valence-corrected chi connectivity index (χ2v) is 14.1. The van der Waals surface area contributed by atoms with Crippen LogP contribution in [0.4, 0.5) is 0 Å². The summed E-state index contributed by atoms with van der Waals surface area (Å²) >= 11 is 1.21. The van der Waals surface area contributed by atoms with Crippen LogP contribution in [-0.4, -0.2) is 40.6 Å². The third-order valence-electron chi connectivity index (χ3n) is 6.64. The molecule has 10 heteroatoms. The summed E-state index contributed by atoms with van der Waals surface area (Å²) in [5.41, 5.74) is 6.53. The van der Waals surface area contributed by atoms with Crippen LogP contribution < -0.4 is 9.46 Å². The number of nitrogens with zero attached hydrogens (tertiary/aromatic N) is 4. The molecule has 1 aromatic carbocycles. The van der Waals surface area contributed by atoms with Gasteiger partial charge in [-0.1, -0.05) is 31.2 Å². The summed E-state index contributed by atoms with van der Waals surface area (Å²) in [5.74, 6) is 1.43. The number of rotatable bonds is 8. The molecule has 0 atom stereocenters. The number of hydrogen-bond donors (Lipinski definition) is 1. The Hall–Kier alpha value is -3.60. The van der Waals surface area contributed by atoms with Gasteiger partial charge in [0, 0.05) is 34.3 Å². The minimum Gasteiger partial charge on any atom is -0.481 e. The summed E-state index contributed by atoms with van der Waals surface area (Å²) in [4.78, 5) is 14.7. The second-order valence-electron chi connectivity index (χ2n) is 11.1. The number of fused-ring (bicyclic) bond motifs is 1. The SMILES string of the molecule is CCc1nc2c(C)cc(C)nc2n1Cc1ccc(-c2cc(-c3cccnc3OC)sc2S(=O)(=O)NC(C)(C)C)cc1. The van der Waals surface area contributed by atoms with Crippen molar-refractivity contribution in [3.63, 3.8) is 0 Å². The first-order valence-corrected chi connectivity index (χ1v) is 15.8. The zero-order valence-corrected chi connectivity index (χ0v) is 26.1. The molecule has 4 aromatic heterocycles. The van der Waals surface area contributed by atoms with Crippen LogP contribution in [0, 0.1) is 13.8 Å². The summed E-state index contributed by atoms with van der Waals surface area (Å²) in [6, 6.07) is 15.7. The van der Waals surface area contributed by atoms with Crippen molar-refractivity contribution in [3.05, 3.63) is 77.4 Å². The van der Waals surface area contributed by atoms with Crippen molar-refractivity contribution in [2.45, 2.75) is 64.3 Å². The van der Waals surface area contributed by atoms with E-state index in [9.17, 15) is 8.42 Å². The fourth-order valence-corrected chi connectivity index (χ4v) is 8.08. The topological polar surface area (TPSA) is 99.0 Å². The van der Waals surface area contributed by atoms with Gasteiger partial charge in [0.2, 0.25) is 5.88 Å². The molecule has 0 amide bonds. The van der Waals surface area contributed by atoms with Crippen molar-refractivity contribution in [1.29, 1.82) is 0 Å². The number of ether oxygens (including phenoxy) is 1. The van der Waals surface area contributed by atoms with Crippen LogP contribution in [0.15, 0.2) is 58.9 Å². The van der Waals surface area contributed by atoms with Gasteiger partial charge in [-0.15, -0.1) is 11.3 Å². The summed E-state index contributed by atoms with van der Waals surface area (Å²) in [7, 11) is -2.25. The predicted molar refractivity (Wildman–Crippen MR) is 165 cm³/mol. The van der Waals surface area contributed by atoms with E-state index in [4.69, 9.17) is 14.7 Å². The molecule has 0 unspecified atom stereocenters. The Labute approximate surface area is 245 Å². The van der Waals surface area contributed by atoms with Gasteiger partial charge in [0.05, 0.1) is 19.2 Å². The second kappa shape index (κ2) is 11.0. The van der Waals surface area contributed by atoms with Crippen LogP contribution in [0.25, 0.3) is 32.7 Å². The van der Waals surface area contributed by atoms with Gasteiger partial charge in [0.15, 0.2) is 5.65 Å². The number of aryl methyl sites for hydroxylation is 3. The quantitative estimate of drug-likeness (QED) is 0.221. The highest BCUT2D eigenvalue weighted by Gasteiger charge is 2.28. The smallest absolute Gasteiger partial charge is 0.251 e. The van der Waals surface area contributed by atoms with Gasteiger partial charge >= 0.3 is 0 Å². The molecule has 5 aromatic rings. The van der Waals surface area contributed by atoms with Gasteiger partial charge < -0.3 is 9.30 Å². The molecule has 0 aliphatic heterocycles. The number of sulfonamides is 1. The van der Waals surface area contributed by atoms with Gasteiger partial charge in [-0.3, -0.25) is 0 Å². The average molecular weight is 590 g/mol. The summed E-state index contributed by atoms with van der Waals surface area (Å²) in [6.07, 6.45) is 2.45. The maximum absolute atomic E-state index is 13.6. The lowest BCUT2D eigenvalue weighted by atomic mass is 10.1. The monoisotopic (exact) mass is 589 g/mol. The number of imidazole rings is 1. The molecule has 0 saturated carbocycles. The maximum Gasteiger partial charge on any atom is 0.251 e. The van der Waals surface area contributed by atoms with Gasteiger partial charge in [0.1, 0.15) is 15.6 Å². The lowest BCUT2D eigenvalue weighted by molar-refractivity contribution is 0.400. The van der Waals surface area contributed by atoms with Crippen molar-refractivity contribution >= 4 is 32.5 Å². The number of pyridine rings is 2. The van der Waals surface area contributed by atoms with E-state index >= 15 is 0 Å². The molecule has 0 aliphatic rings. The van der Waals surface area contributed by atoms with E-state index in [-0.39, 0.29) is 4.21 Å². The van der Waals surface area contributed by atoms with Crippen LogP contribution >= 0.6 is 11.3 Å². The molecule has 41 heavy (non-hydrogen) atoms. The summed E-state index contributed by atoms with van der Waals surface area (Å²) < 4.78 is 37.9. The molecule has 0 spiro atoms. The molecular weight excluding hydrogens is 555 g/mol. The van der Waals surface area contributed by atoms with Crippen molar-refractivity contribution in [2.75, 3.05) is 7.11 Å². The molecule has 8 nitrogen and oxygen atoms in total. The minimum atomic E-state index is -3.81. The zero-order chi connectivity index (χ0) is 29.5. The number of aromatic nitrogens is 4. The fraction of sp³-hybridized carbons (Fsp3) is 0.323. The molecule has 1 N–H and O–H groups in total. The molecule has 214 valence electrons. The predicted octanol–water partition coefficient (Wildman–Crippen LogP) is 6.53. The van der Waals surface area contributed by atoms with E-state index in [2.05, 4.69) is 34.2 Å². The largest absolute Gasteiger partial charge is 0.481 e. The van der Waals surface area contributed by atoms with Gasteiger partial charge in [-0.2, -0.15) is 0 Å². The van der Waals surface area contributed by atoms with Crippen LogP contribution in [0.2, 0.25) is 0 Å². The van der Waals surface area contributed by atoms with Crippen molar-refractivity contribution in [1.82, 2.24) is 24.2 Å². The van der Waals surface area contributed by atoms with Gasteiger partial charge in [-0.25, -0.2) is 28.1 Å². The van der Waals surface area contributed by atoms with E-state index in [1.54, 1.807) is 13.3 Å². The highest BCUT2D eigenvalue weighted by molar-refractivity contribution is 7.91. The Morgan fingerprint density at radius 3 is 2.41 bits per heavy atom. The third kappa shape index (κ3) is 5.91. The lowest BCUT2D eigenvalue weighted by Gasteiger charge is -2.20. The van der Waals surface area contributed by atoms with E-state index in [0.717, 1.165) is 56.2 Å². The Morgan fingerprint density at radius 1 is 1.02 bits per heavy atom. The number of benzene rings is 1. The number of methoxy groups -OCH3 is 1. The molecule has 0 saturated heterocycles. The first-order valence-electron chi connectivity index (χ1n) is 13.5. The Bertz CT molecular complexity index is 1830. The number of nitrogens with one attached hydrogen (secondary N) is 1. The molecule has 0 fully saturated rings. The first-order chi connectivity index (χ1) is 19.4. The average Bonchev–Trinajstić information content (AvgIpc) is 3.51. The van der Waals surface area contributed by atoms with Gasteiger partial charge in [0.25, 0.3) is 10.0 Å². The van der Waals surface area contributed by atoms with E-state index in [1.165, 1.54) is 11.3 Å². The van der Waals surface area contributed by atoms with Crippen molar-refractivity contribution in [2.24, 2.45) is 0 Å². The number of hydrogen-bond acceptors (Lipinski definition) is 7. The van der Waals surface area contributed by atoms with E-state index in [1.807, 2.05) is 70.2 Å². The Kier molecular flexibility index (Phi) is 7.76. The van der Waals surface area contributed by atoms with Crippen LogP contribution in [-0.2, 0) is 23.0 Å². The van der Waals surface area contributed by atoms with Crippen LogP contribution in [0.1, 0.15) is 50.3 Å². The normalized spacial score (nSPS) is 12.3. The highest BCUT2D eigenvalue weighted by Crippen LogP contribution is 2.42. The molecule has 0 aliphatic carbocycles. The molecule has 0 radical (unpaired) electrons. The first kappa shape index (κ1) is 28.9. The number of thiophene rings is 1. The molecular formula is C31H35N5O3S2. The highest BCUT2D eigenvalue weighted by atomic mass is 32.2. The van der Waals surface area contributed by atoms with Crippen molar-refractivity contribution < 1.29 is 13.2 Å². The molecule has 4 heterocycles. The van der Waals surface area contributed by atoms with Crippen LogP contribution in [0.3, 0.4) is 0 Å². The summed E-state index contributed by atoms with van der Waals surface area (Å²) in [6.45, 7) is 12.3. The van der Waals surface area contributed by atoms with Gasteiger partial charge in [-0.05, 0) is 75.6 Å². The molecule has 5 rings (SSSR count). The molecule has 0 bridgehead atoms. The third-order valence-corrected chi connectivity index (χ3v) is 10.1. The Balaban J connectivity index is 1.57. The maximum atomic E-state index is 13.6. The zero-order valence-electron chi connectivity index (χ0n) is 24.4. The van der Waals surface area contributed by atoms with Crippen LogP contribution in [0.5, 0.6) is 5.88 Å². The summed E-state index contributed by atoms with van der Waals surface area (Å²) in [5, 5.41) is 0. The minimum absolute atomic E-state index is 0.255. The standard InChI is InChI=1S/C31H35N5O3S2/c1-8-26-34-27-19(2)16-20(3)33-28(27)36(26)18-21-11-13-22(14-12-21)24-17-25(23-10-9-15-32-29(23)39-7)40-30(24)41(37,38)35-31(4,5)6/h9-17,35H,8,18H2,1-7H3. The fourth-order valence-electron chi connectivity index (χ4n) is 4.95. The lowest BCUT2D eigenvalue weighted by Crippen LogP contribution is -2.40. The van der Waals surface area contributed by atoms with Crippen molar-refractivity contribution in [3.8, 4) is 27.4 Å². The van der Waals surface area contributed by atoms with E-state index in [0.29, 0.717) is 18.0 Å². The Morgan fingerprint density at radius 2 is 1.76 bits per heavy atom. The van der Waals surface area contributed by atoms with E-state index < -0.39 is 15.6 Å².